The normalized spacial score (nSPS) is 12.4. The highest BCUT2D eigenvalue weighted by atomic mass is 35.5. The van der Waals surface area contributed by atoms with Gasteiger partial charge in [0, 0.05) is 10.7 Å². The SMILES string of the molecule is CC[C@@H](C(=O)Nc1c(C)cc(C)cc1C)N(c1cc(Cl)ccc1OC)S(C)(=O)=O. The number of ether oxygens (including phenoxy) is 1. The number of rotatable bonds is 7. The number of methoxy groups -OCH3 is 1. The lowest BCUT2D eigenvalue weighted by Crippen LogP contribution is -2.47. The molecule has 0 unspecified atom stereocenters. The first-order valence-electron chi connectivity index (χ1n) is 9.21. The molecule has 158 valence electrons. The molecule has 0 bridgehead atoms. The minimum Gasteiger partial charge on any atom is -0.495 e. The van der Waals surface area contributed by atoms with Crippen LogP contribution in [0.1, 0.15) is 30.0 Å². The van der Waals surface area contributed by atoms with E-state index in [0.29, 0.717) is 16.5 Å². The van der Waals surface area contributed by atoms with Gasteiger partial charge in [-0.1, -0.05) is 36.2 Å². The van der Waals surface area contributed by atoms with Crippen molar-refractivity contribution < 1.29 is 17.9 Å². The van der Waals surface area contributed by atoms with E-state index in [1.807, 2.05) is 32.9 Å². The monoisotopic (exact) mass is 438 g/mol. The van der Waals surface area contributed by atoms with Crippen LogP contribution in [0.4, 0.5) is 11.4 Å². The minimum absolute atomic E-state index is 0.224. The van der Waals surface area contributed by atoms with Gasteiger partial charge in [-0.25, -0.2) is 8.42 Å². The van der Waals surface area contributed by atoms with Crippen molar-refractivity contribution in [3.63, 3.8) is 0 Å². The van der Waals surface area contributed by atoms with Crippen molar-refractivity contribution in [2.75, 3.05) is 23.0 Å². The Kier molecular flexibility index (Phi) is 7.19. The molecule has 0 saturated heterocycles. The summed E-state index contributed by atoms with van der Waals surface area (Å²) >= 11 is 6.10. The highest BCUT2D eigenvalue weighted by molar-refractivity contribution is 7.92. The van der Waals surface area contributed by atoms with Crippen molar-refractivity contribution in [2.45, 2.75) is 40.2 Å². The van der Waals surface area contributed by atoms with Gasteiger partial charge in [-0.2, -0.15) is 0 Å². The lowest BCUT2D eigenvalue weighted by molar-refractivity contribution is -0.117. The molecule has 0 spiro atoms. The summed E-state index contributed by atoms with van der Waals surface area (Å²) in [6, 6.07) is 7.63. The Morgan fingerprint density at radius 1 is 1.17 bits per heavy atom. The number of carbonyl (C=O) groups is 1. The van der Waals surface area contributed by atoms with E-state index in [4.69, 9.17) is 16.3 Å². The van der Waals surface area contributed by atoms with E-state index in [1.54, 1.807) is 19.1 Å². The standard InChI is InChI=1S/C21H27ClN2O4S/c1-7-17(21(25)23-20-14(3)10-13(2)11-15(20)4)24(29(6,26)27)18-12-16(22)8-9-19(18)28-5/h8-12,17H,7H2,1-6H3,(H,23,25)/t17-/m0/s1. The lowest BCUT2D eigenvalue weighted by atomic mass is 10.0. The summed E-state index contributed by atoms with van der Waals surface area (Å²) in [6.45, 7) is 7.56. The van der Waals surface area contributed by atoms with Gasteiger partial charge in [-0.15, -0.1) is 0 Å². The van der Waals surface area contributed by atoms with Crippen LogP contribution in [0, 0.1) is 20.8 Å². The fourth-order valence-electron chi connectivity index (χ4n) is 3.45. The fourth-order valence-corrected chi connectivity index (χ4v) is 4.83. The first-order valence-corrected chi connectivity index (χ1v) is 11.4. The van der Waals surface area contributed by atoms with Crippen LogP contribution in [-0.4, -0.2) is 33.7 Å². The van der Waals surface area contributed by atoms with E-state index >= 15 is 0 Å². The molecule has 0 radical (unpaired) electrons. The Hall–Kier alpha value is -2.25. The summed E-state index contributed by atoms with van der Waals surface area (Å²) in [7, 11) is -2.37. The van der Waals surface area contributed by atoms with Crippen LogP contribution in [0.2, 0.25) is 5.02 Å². The van der Waals surface area contributed by atoms with E-state index < -0.39 is 22.0 Å². The Morgan fingerprint density at radius 2 is 1.76 bits per heavy atom. The summed E-state index contributed by atoms with van der Waals surface area (Å²) in [5, 5.41) is 3.25. The molecule has 1 N–H and O–H groups in total. The number of anilines is 2. The maximum absolute atomic E-state index is 13.2. The van der Waals surface area contributed by atoms with Gasteiger partial charge in [-0.05, 0) is 56.5 Å². The molecule has 2 rings (SSSR count). The van der Waals surface area contributed by atoms with Crippen LogP contribution in [0.25, 0.3) is 0 Å². The molecule has 6 nitrogen and oxygen atoms in total. The molecule has 0 aliphatic heterocycles. The molecule has 0 saturated carbocycles. The number of hydrogen-bond acceptors (Lipinski definition) is 4. The van der Waals surface area contributed by atoms with Gasteiger partial charge in [0.2, 0.25) is 15.9 Å². The second-order valence-electron chi connectivity index (χ2n) is 7.06. The lowest BCUT2D eigenvalue weighted by Gasteiger charge is -2.31. The predicted molar refractivity (Wildman–Crippen MR) is 119 cm³/mol. The largest absolute Gasteiger partial charge is 0.495 e. The molecular weight excluding hydrogens is 412 g/mol. The summed E-state index contributed by atoms with van der Waals surface area (Å²) < 4.78 is 31.8. The molecule has 0 heterocycles. The first-order chi connectivity index (χ1) is 13.5. The summed E-state index contributed by atoms with van der Waals surface area (Å²) in [5.41, 5.74) is 3.83. The van der Waals surface area contributed by atoms with Crippen LogP contribution < -0.4 is 14.4 Å². The molecule has 8 heteroatoms. The molecule has 1 atom stereocenters. The zero-order valence-corrected chi connectivity index (χ0v) is 19.1. The molecule has 1 amide bonds. The third-order valence-corrected chi connectivity index (χ3v) is 6.03. The average molecular weight is 439 g/mol. The number of nitrogens with one attached hydrogen (secondary N) is 1. The molecule has 0 aliphatic carbocycles. The van der Waals surface area contributed by atoms with Crippen LogP contribution in [0.3, 0.4) is 0 Å². The topological polar surface area (TPSA) is 75.7 Å². The van der Waals surface area contributed by atoms with Crippen molar-refractivity contribution in [2.24, 2.45) is 0 Å². The molecule has 0 aliphatic rings. The van der Waals surface area contributed by atoms with Crippen molar-refractivity contribution >= 4 is 38.9 Å². The van der Waals surface area contributed by atoms with Crippen molar-refractivity contribution in [3.8, 4) is 5.75 Å². The van der Waals surface area contributed by atoms with Gasteiger partial charge in [-0.3, -0.25) is 9.10 Å². The molecule has 29 heavy (non-hydrogen) atoms. The smallest absolute Gasteiger partial charge is 0.248 e. The van der Waals surface area contributed by atoms with Crippen LogP contribution >= 0.6 is 11.6 Å². The third kappa shape index (κ3) is 5.22. The Bertz CT molecular complexity index is 998. The number of nitrogens with zero attached hydrogens (tertiary/aromatic N) is 1. The summed E-state index contributed by atoms with van der Waals surface area (Å²) in [6.07, 6.45) is 1.32. The number of aryl methyl sites for hydroxylation is 3. The fraction of sp³-hybridized carbons (Fsp3) is 0.381. The van der Waals surface area contributed by atoms with Crippen molar-refractivity contribution in [1.29, 1.82) is 0 Å². The molecule has 2 aromatic carbocycles. The first kappa shape index (κ1) is 23.0. The van der Waals surface area contributed by atoms with Gasteiger partial charge in [0.1, 0.15) is 11.8 Å². The van der Waals surface area contributed by atoms with Crippen LogP contribution in [0.15, 0.2) is 30.3 Å². The molecule has 2 aromatic rings. The number of sulfonamides is 1. The molecule has 0 aromatic heterocycles. The highest BCUT2D eigenvalue weighted by Gasteiger charge is 2.34. The maximum atomic E-state index is 13.2. The number of amides is 1. The summed E-state index contributed by atoms with van der Waals surface area (Å²) in [5.74, 6) is -0.108. The number of halogens is 1. The molecular formula is C21H27ClN2O4S. The Morgan fingerprint density at radius 3 is 2.24 bits per heavy atom. The summed E-state index contributed by atoms with van der Waals surface area (Å²) in [4.78, 5) is 13.2. The second kappa shape index (κ2) is 9.05. The minimum atomic E-state index is -3.81. The van der Waals surface area contributed by atoms with Gasteiger partial charge >= 0.3 is 0 Å². The van der Waals surface area contributed by atoms with Crippen molar-refractivity contribution in [3.05, 3.63) is 52.0 Å². The predicted octanol–water partition coefficient (Wildman–Crippen LogP) is 4.46. The zero-order chi connectivity index (χ0) is 21.9. The van der Waals surface area contributed by atoms with E-state index in [1.165, 1.54) is 13.2 Å². The van der Waals surface area contributed by atoms with E-state index in [0.717, 1.165) is 27.3 Å². The second-order valence-corrected chi connectivity index (χ2v) is 9.36. The highest BCUT2D eigenvalue weighted by Crippen LogP contribution is 2.35. The van der Waals surface area contributed by atoms with E-state index in [-0.39, 0.29) is 12.1 Å². The maximum Gasteiger partial charge on any atom is 0.248 e. The third-order valence-electron chi connectivity index (χ3n) is 4.63. The quantitative estimate of drug-likeness (QED) is 0.692. The van der Waals surface area contributed by atoms with Gasteiger partial charge in [0.25, 0.3) is 0 Å². The Balaban J connectivity index is 2.53. The number of carbonyl (C=O) groups excluding carboxylic acids is 1. The van der Waals surface area contributed by atoms with Crippen LogP contribution in [0.5, 0.6) is 5.75 Å². The van der Waals surface area contributed by atoms with Crippen LogP contribution in [-0.2, 0) is 14.8 Å². The van der Waals surface area contributed by atoms with Gasteiger partial charge in [0.05, 0.1) is 19.1 Å². The van der Waals surface area contributed by atoms with Crippen molar-refractivity contribution in [1.82, 2.24) is 0 Å². The Labute approximate surface area is 177 Å². The molecule has 0 fully saturated rings. The number of benzene rings is 2. The van der Waals surface area contributed by atoms with E-state index in [2.05, 4.69) is 5.32 Å². The van der Waals surface area contributed by atoms with E-state index in [9.17, 15) is 13.2 Å². The van der Waals surface area contributed by atoms with Gasteiger partial charge < -0.3 is 10.1 Å². The zero-order valence-electron chi connectivity index (χ0n) is 17.5. The van der Waals surface area contributed by atoms with Gasteiger partial charge in [0.15, 0.2) is 0 Å². The average Bonchev–Trinajstić information content (AvgIpc) is 2.61. The number of hydrogen-bond donors (Lipinski definition) is 1.